The number of Topliss-reactive ketones (excluding diaryl/α,β-unsaturated/α-hetero) is 1. The van der Waals surface area contributed by atoms with Gasteiger partial charge in [-0.3, -0.25) is 14.4 Å². The van der Waals surface area contributed by atoms with Crippen molar-refractivity contribution < 1.29 is 31.9 Å². The van der Waals surface area contributed by atoms with Crippen LogP contribution < -0.4 is 10.5 Å². The Labute approximate surface area is 195 Å². The zero-order valence-corrected chi connectivity index (χ0v) is 19.2. The monoisotopic (exact) mass is 487 g/mol. The quantitative estimate of drug-likeness (QED) is 0.368. The van der Waals surface area contributed by atoms with Crippen molar-refractivity contribution >= 4 is 27.7 Å². The highest BCUT2D eigenvalue weighted by Crippen LogP contribution is 2.22. The van der Waals surface area contributed by atoms with E-state index in [1.807, 2.05) is 0 Å². The summed E-state index contributed by atoms with van der Waals surface area (Å²) in [6, 6.07) is 12.5. The molecular weight excluding hydrogens is 465 g/mol. The first-order chi connectivity index (χ1) is 16.0. The second-order valence-electron chi connectivity index (χ2n) is 7.44. The number of ether oxygens (including phenoxy) is 1. The summed E-state index contributed by atoms with van der Waals surface area (Å²) in [5, 5.41) is 7.42. The molecule has 0 aliphatic heterocycles. The van der Waals surface area contributed by atoms with Crippen LogP contribution in [0.3, 0.4) is 0 Å². The molecule has 0 spiro atoms. The van der Waals surface area contributed by atoms with Gasteiger partial charge in [-0.2, -0.15) is 0 Å². The number of carbonyl (C=O) groups is 3. The average Bonchev–Trinajstić information content (AvgIpc) is 3.09. The largest absolute Gasteiger partial charge is 0.456 e. The van der Waals surface area contributed by atoms with Crippen LogP contribution in [-0.4, -0.2) is 43.8 Å². The molecule has 0 saturated heterocycles. The van der Waals surface area contributed by atoms with Crippen molar-refractivity contribution in [3.63, 3.8) is 0 Å². The molecule has 0 atom stereocenters. The van der Waals surface area contributed by atoms with E-state index in [1.165, 1.54) is 30.3 Å². The van der Waals surface area contributed by atoms with Gasteiger partial charge in [0.1, 0.15) is 12.4 Å². The number of ketones is 1. The van der Waals surface area contributed by atoms with Gasteiger partial charge in [0.05, 0.1) is 4.90 Å². The SMILES string of the molecule is Cc1cc(C(=O)COC(=O)CNC(=O)c2cccc(F)c2)c(C)n1-c1ccc(S(N)(=O)=O)cc1. The fourth-order valence-electron chi connectivity index (χ4n) is 3.39. The molecule has 11 heteroatoms. The number of halogens is 1. The van der Waals surface area contributed by atoms with E-state index in [9.17, 15) is 27.2 Å². The second kappa shape index (κ2) is 9.98. The molecular formula is C23H22FN3O6S. The first-order valence-corrected chi connectivity index (χ1v) is 11.6. The molecule has 1 aromatic heterocycles. The molecule has 0 unspecified atom stereocenters. The Hall–Kier alpha value is -3.83. The summed E-state index contributed by atoms with van der Waals surface area (Å²) in [6.07, 6.45) is 0. The Morgan fingerprint density at radius 1 is 1.06 bits per heavy atom. The predicted molar refractivity (Wildman–Crippen MR) is 121 cm³/mol. The van der Waals surface area contributed by atoms with Gasteiger partial charge in [-0.15, -0.1) is 0 Å². The molecule has 0 bridgehead atoms. The number of sulfonamides is 1. The molecule has 1 amide bonds. The molecule has 0 saturated carbocycles. The van der Waals surface area contributed by atoms with Crippen molar-refractivity contribution in [3.8, 4) is 5.69 Å². The number of nitrogens with zero attached hydrogens (tertiary/aromatic N) is 1. The molecule has 3 aromatic rings. The van der Waals surface area contributed by atoms with E-state index in [2.05, 4.69) is 5.32 Å². The van der Waals surface area contributed by atoms with E-state index in [4.69, 9.17) is 9.88 Å². The Morgan fingerprint density at radius 3 is 2.35 bits per heavy atom. The van der Waals surface area contributed by atoms with Gasteiger partial charge in [-0.25, -0.2) is 17.9 Å². The highest BCUT2D eigenvalue weighted by molar-refractivity contribution is 7.89. The van der Waals surface area contributed by atoms with Gasteiger partial charge in [0, 0.05) is 28.2 Å². The van der Waals surface area contributed by atoms with E-state index in [1.54, 1.807) is 36.6 Å². The number of amides is 1. The number of carbonyl (C=O) groups excluding carboxylic acids is 3. The maximum atomic E-state index is 13.2. The van der Waals surface area contributed by atoms with Crippen molar-refractivity contribution in [2.24, 2.45) is 5.14 Å². The Kier molecular flexibility index (Phi) is 7.28. The molecule has 0 radical (unpaired) electrons. The summed E-state index contributed by atoms with van der Waals surface area (Å²) < 4.78 is 42.8. The highest BCUT2D eigenvalue weighted by atomic mass is 32.2. The lowest BCUT2D eigenvalue weighted by atomic mass is 10.1. The van der Waals surface area contributed by atoms with Crippen LogP contribution >= 0.6 is 0 Å². The molecule has 0 aliphatic rings. The zero-order valence-electron chi connectivity index (χ0n) is 18.4. The third-order valence-electron chi connectivity index (χ3n) is 5.00. The van der Waals surface area contributed by atoms with E-state index in [0.717, 1.165) is 6.07 Å². The number of esters is 1. The molecule has 3 N–H and O–H groups in total. The minimum absolute atomic E-state index is 0.0357. The fourth-order valence-corrected chi connectivity index (χ4v) is 3.90. The van der Waals surface area contributed by atoms with Crippen molar-refractivity contribution in [2.45, 2.75) is 18.7 Å². The first kappa shape index (κ1) is 24.8. The summed E-state index contributed by atoms with van der Waals surface area (Å²) >= 11 is 0. The average molecular weight is 488 g/mol. The first-order valence-electron chi connectivity index (χ1n) is 10.0. The number of rotatable bonds is 8. The van der Waals surface area contributed by atoms with Gasteiger partial charge in [0.25, 0.3) is 5.91 Å². The van der Waals surface area contributed by atoms with Gasteiger partial charge in [-0.1, -0.05) is 6.07 Å². The molecule has 9 nitrogen and oxygen atoms in total. The molecule has 34 heavy (non-hydrogen) atoms. The van der Waals surface area contributed by atoms with Crippen molar-refractivity contribution in [1.29, 1.82) is 0 Å². The molecule has 0 fully saturated rings. The van der Waals surface area contributed by atoms with Gasteiger partial charge < -0.3 is 14.6 Å². The summed E-state index contributed by atoms with van der Waals surface area (Å²) in [7, 11) is -3.83. The molecule has 178 valence electrons. The fraction of sp³-hybridized carbons (Fsp3) is 0.174. The number of benzene rings is 2. The Balaban J connectivity index is 1.62. The van der Waals surface area contributed by atoms with Gasteiger partial charge in [0.15, 0.2) is 6.61 Å². The highest BCUT2D eigenvalue weighted by Gasteiger charge is 2.19. The van der Waals surface area contributed by atoms with Crippen LogP contribution in [0, 0.1) is 19.7 Å². The Morgan fingerprint density at radius 2 is 1.74 bits per heavy atom. The molecule has 2 aromatic carbocycles. The summed E-state index contributed by atoms with van der Waals surface area (Å²) in [6.45, 7) is 2.45. The number of hydrogen-bond acceptors (Lipinski definition) is 6. The predicted octanol–water partition coefficient (Wildman–Crippen LogP) is 2.04. The Bertz CT molecular complexity index is 1360. The topological polar surface area (TPSA) is 138 Å². The number of primary sulfonamides is 1. The molecule has 0 aliphatic carbocycles. The number of aromatic nitrogens is 1. The zero-order chi connectivity index (χ0) is 25.0. The van der Waals surface area contributed by atoms with E-state index in [0.29, 0.717) is 22.6 Å². The lowest BCUT2D eigenvalue weighted by Gasteiger charge is -2.11. The number of nitrogens with one attached hydrogen (secondary N) is 1. The van der Waals surface area contributed by atoms with Crippen molar-refractivity contribution in [2.75, 3.05) is 13.2 Å². The number of hydrogen-bond donors (Lipinski definition) is 2. The van der Waals surface area contributed by atoms with Crippen molar-refractivity contribution in [1.82, 2.24) is 9.88 Å². The van der Waals surface area contributed by atoms with Crippen LogP contribution in [0.5, 0.6) is 0 Å². The third-order valence-corrected chi connectivity index (χ3v) is 5.93. The lowest BCUT2D eigenvalue weighted by Crippen LogP contribution is -2.31. The van der Waals surface area contributed by atoms with Crippen LogP contribution in [-0.2, 0) is 19.6 Å². The molecule has 1 heterocycles. The summed E-state index contributed by atoms with van der Waals surface area (Å²) in [5.74, 6) is -2.52. The second-order valence-corrected chi connectivity index (χ2v) is 9.00. The minimum atomic E-state index is -3.83. The van der Waals surface area contributed by atoms with Crippen LogP contribution in [0.15, 0.2) is 59.5 Å². The van der Waals surface area contributed by atoms with Gasteiger partial charge in [-0.05, 0) is 62.4 Å². The number of aryl methyl sites for hydroxylation is 1. The van der Waals surface area contributed by atoms with E-state index >= 15 is 0 Å². The van der Waals surface area contributed by atoms with Gasteiger partial charge >= 0.3 is 5.97 Å². The van der Waals surface area contributed by atoms with Crippen LogP contribution in [0.4, 0.5) is 4.39 Å². The maximum Gasteiger partial charge on any atom is 0.325 e. The summed E-state index contributed by atoms with van der Waals surface area (Å²) in [5.41, 5.74) is 2.27. The maximum absolute atomic E-state index is 13.2. The number of nitrogens with two attached hydrogens (primary N) is 1. The smallest absolute Gasteiger partial charge is 0.325 e. The van der Waals surface area contributed by atoms with Crippen LogP contribution in [0.2, 0.25) is 0 Å². The normalized spacial score (nSPS) is 11.2. The minimum Gasteiger partial charge on any atom is -0.456 e. The van der Waals surface area contributed by atoms with Crippen LogP contribution in [0.25, 0.3) is 5.69 Å². The lowest BCUT2D eigenvalue weighted by molar-refractivity contribution is -0.141. The molecule has 3 rings (SSSR count). The van der Waals surface area contributed by atoms with Crippen molar-refractivity contribution in [3.05, 3.63) is 82.9 Å². The standard InChI is InChI=1S/C23H22FN3O6S/c1-14-10-20(15(2)27(14)18-6-8-19(9-7-18)34(25,31)32)21(28)13-33-22(29)12-26-23(30)16-4-3-5-17(24)11-16/h3-11H,12-13H2,1-2H3,(H,26,30)(H2,25,31,32). The van der Waals surface area contributed by atoms with Crippen LogP contribution in [0.1, 0.15) is 32.1 Å². The van der Waals surface area contributed by atoms with E-state index < -0.39 is 46.7 Å². The van der Waals surface area contributed by atoms with E-state index in [-0.39, 0.29) is 10.5 Å². The summed E-state index contributed by atoms with van der Waals surface area (Å²) in [4.78, 5) is 36.5. The third kappa shape index (κ3) is 5.74. The van der Waals surface area contributed by atoms with Gasteiger partial charge in [0.2, 0.25) is 15.8 Å².